The van der Waals surface area contributed by atoms with E-state index >= 15 is 0 Å². The van der Waals surface area contributed by atoms with Crippen LogP contribution in [-0.2, 0) is 15.1 Å². The predicted octanol–water partition coefficient (Wildman–Crippen LogP) is 2.12. The van der Waals surface area contributed by atoms with Crippen LogP contribution in [0.1, 0.15) is 50.2 Å². The first kappa shape index (κ1) is 16.4. The van der Waals surface area contributed by atoms with E-state index in [0.29, 0.717) is 12.3 Å². The minimum Gasteiger partial charge on any atom is -0.487 e. The molecule has 1 saturated heterocycles. The number of nitrogens with zero attached hydrogens (tertiary/aromatic N) is 2. The molecule has 1 spiro atoms. The molecule has 25 heavy (non-hydrogen) atoms. The highest BCUT2D eigenvalue weighted by molar-refractivity contribution is 6.07. The number of carbonyl (C=O) groups excluding carboxylic acids is 1. The van der Waals surface area contributed by atoms with Gasteiger partial charge in [-0.05, 0) is 44.4 Å². The van der Waals surface area contributed by atoms with Crippen molar-refractivity contribution in [1.82, 2.24) is 4.90 Å². The molecule has 2 unspecified atom stereocenters. The molecule has 1 amide bonds. The van der Waals surface area contributed by atoms with Gasteiger partial charge in [-0.2, -0.15) is 0 Å². The van der Waals surface area contributed by atoms with Crippen molar-refractivity contribution < 1.29 is 14.3 Å². The zero-order valence-corrected chi connectivity index (χ0v) is 15.0. The minimum absolute atomic E-state index is 0.0836. The van der Waals surface area contributed by atoms with Crippen molar-refractivity contribution in [2.45, 2.75) is 50.2 Å². The molecule has 0 aromatic heterocycles. The van der Waals surface area contributed by atoms with Gasteiger partial charge in [0.2, 0.25) is 0 Å². The first-order valence-electron chi connectivity index (χ1n) is 8.87. The molecule has 2 N–H and O–H groups in total. The van der Waals surface area contributed by atoms with Crippen LogP contribution in [-0.4, -0.2) is 42.6 Å². The molecule has 3 heterocycles. The van der Waals surface area contributed by atoms with Crippen LogP contribution in [0, 0.1) is 0 Å². The fourth-order valence-electron chi connectivity index (χ4n) is 4.25. The van der Waals surface area contributed by atoms with Gasteiger partial charge in [0, 0.05) is 31.6 Å². The average molecular weight is 343 g/mol. The fourth-order valence-corrected chi connectivity index (χ4v) is 4.25. The van der Waals surface area contributed by atoms with Crippen LogP contribution in [0.15, 0.2) is 23.2 Å². The summed E-state index contributed by atoms with van der Waals surface area (Å²) in [6, 6.07) is 6.14. The van der Waals surface area contributed by atoms with Crippen molar-refractivity contribution >= 4 is 11.9 Å². The monoisotopic (exact) mass is 343 g/mol. The normalized spacial score (nSPS) is 30.8. The van der Waals surface area contributed by atoms with Gasteiger partial charge >= 0.3 is 0 Å². The zero-order chi connectivity index (χ0) is 17.8. The molecule has 3 aliphatic rings. The first-order chi connectivity index (χ1) is 11.8. The van der Waals surface area contributed by atoms with Crippen LogP contribution in [0.3, 0.4) is 0 Å². The molecule has 1 aromatic carbocycles. The molecule has 1 aromatic rings. The van der Waals surface area contributed by atoms with E-state index in [2.05, 4.69) is 17.1 Å². The molecular formula is C19H25N3O3. The third-order valence-corrected chi connectivity index (χ3v) is 5.46. The average Bonchev–Trinajstić information content (AvgIpc) is 2.79. The van der Waals surface area contributed by atoms with Crippen molar-refractivity contribution in [3.8, 4) is 5.75 Å². The summed E-state index contributed by atoms with van der Waals surface area (Å²) in [5.41, 5.74) is 6.52. The summed E-state index contributed by atoms with van der Waals surface area (Å²) in [5, 5.41) is 0. The van der Waals surface area contributed by atoms with Gasteiger partial charge in [-0.3, -0.25) is 9.69 Å². The Labute approximate surface area is 148 Å². The number of benzene rings is 1. The second-order valence-electron chi connectivity index (χ2n) is 7.90. The SMILES string of the molecule is CN1C(=O)C2(CC(C)(C)Oc3ccc(C4CCCOC4)cc32)N=C1N. The third kappa shape index (κ3) is 2.51. The van der Waals surface area contributed by atoms with Crippen molar-refractivity contribution in [1.29, 1.82) is 0 Å². The Kier molecular flexibility index (Phi) is 3.58. The smallest absolute Gasteiger partial charge is 0.261 e. The third-order valence-electron chi connectivity index (χ3n) is 5.46. The number of nitrogens with two attached hydrogens (primary N) is 1. The maximum absolute atomic E-state index is 13.1. The lowest BCUT2D eigenvalue weighted by Gasteiger charge is -2.41. The zero-order valence-electron chi connectivity index (χ0n) is 15.0. The van der Waals surface area contributed by atoms with Crippen LogP contribution in [0.4, 0.5) is 0 Å². The van der Waals surface area contributed by atoms with E-state index in [4.69, 9.17) is 15.2 Å². The van der Waals surface area contributed by atoms with Crippen LogP contribution in [0.5, 0.6) is 5.75 Å². The molecule has 0 bridgehead atoms. The van der Waals surface area contributed by atoms with Gasteiger partial charge in [0.15, 0.2) is 11.5 Å². The largest absolute Gasteiger partial charge is 0.487 e. The number of hydrogen-bond acceptors (Lipinski definition) is 5. The lowest BCUT2D eigenvalue weighted by Crippen LogP contribution is -2.49. The quantitative estimate of drug-likeness (QED) is 0.847. The number of fused-ring (bicyclic) bond motifs is 2. The second-order valence-corrected chi connectivity index (χ2v) is 7.90. The standard InChI is InChI=1S/C19H25N3O3/c1-18(2)11-19(16(23)22(3)17(20)21-19)14-9-12(6-7-15(14)25-18)13-5-4-8-24-10-13/h6-7,9,13H,4-5,8,10-11H2,1-3H3,(H2,20,21). The Balaban J connectivity index is 1.84. The molecule has 3 aliphatic heterocycles. The topological polar surface area (TPSA) is 77.2 Å². The Morgan fingerprint density at radius 2 is 2.16 bits per heavy atom. The van der Waals surface area contributed by atoms with Crippen molar-refractivity contribution in [3.05, 3.63) is 29.3 Å². The van der Waals surface area contributed by atoms with Crippen LogP contribution in [0.25, 0.3) is 0 Å². The summed E-state index contributed by atoms with van der Waals surface area (Å²) in [7, 11) is 1.68. The highest BCUT2D eigenvalue weighted by Crippen LogP contribution is 2.49. The van der Waals surface area contributed by atoms with Gasteiger partial charge in [0.05, 0.1) is 6.61 Å². The number of ether oxygens (including phenoxy) is 2. The Morgan fingerprint density at radius 1 is 1.36 bits per heavy atom. The summed E-state index contributed by atoms with van der Waals surface area (Å²) in [6.45, 7) is 5.51. The Bertz CT molecular complexity index is 752. The van der Waals surface area contributed by atoms with Gasteiger partial charge < -0.3 is 15.2 Å². The fraction of sp³-hybridized carbons (Fsp3) is 0.579. The second kappa shape index (κ2) is 5.46. The highest BCUT2D eigenvalue weighted by Gasteiger charge is 2.55. The molecule has 0 saturated carbocycles. The Hall–Kier alpha value is -2.08. The molecule has 0 radical (unpaired) electrons. The summed E-state index contributed by atoms with van der Waals surface area (Å²) in [5.74, 6) is 1.25. The highest BCUT2D eigenvalue weighted by atomic mass is 16.5. The summed E-state index contributed by atoms with van der Waals surface area (Å²) in [4.78, 5) is 19.2. The summed E-state index contributed by atoms with van der Waals surface area (Å²) < 4.78 is 11.8. The van der Waals surface area contributed by atoms with E-state index in [0.717, 1.165) is 37.4 Å². The number of amides is 1. The molecule has 0 aliphatic carbocycles. The van der Waals surface area contributed by atoms with Gasteiger partial charge in [-0.1, -0.05) is 6.07 Å². The predicted molar refractivity (Wildman–Crippen MR) is 94.6 cm³/mol. The minimum atomic E-state index is -0.985. The Morgan fingerprint density at radius 3 is 2.80 bits per heavy atom. The molecular weight excluding hydrogens is 318 g/mol. The van der Waals surface area contributed by atoms with Crippen LogP contribution < -0.4 is 10.5 Å². The van der Waals surface area contributed by atoms with Crippen molar-refractivity contribution in [2.24, 2.45) is 10.7 Å². The van der Waals surface area contributed by atoms with Gasteiger partial charge in [-0.15, -0.1) is 0 Å². The summed E-state index contributed by atoms with van der Waals surface area (Å²) >= 11 is 0. The van der Waals surface area contributed by atoms with E-state index < -0.39 is 11.1 Å². The lowest BCUT2D eigenvalue weighted by atomic mass is 9.76. The molecule has 1 fully saturated rings. The molecule has 6 heteroatoms. The number of hydrogen-bond donors (Lipinski definition) is 1. The van der Waals surface area contributed by atoms with E-state index in [1.807, 2.05) is 19.9 Å². The molecule has 134 valence electrons. The van der Waals surface area contributed by atoms with Crippen molar-refractivity contribution in [3.63, 3.8) is 0 Å². The molecule has 6 nitrogen and oxygen atoms in total. The van der Waals surface area contributed by atoms with E-state index in [1.165, 1.54) is 10.5 Å². The maximum atomic E-state index is 13.1. The van der Waals surface area contributed by atoms with E-state index in [1.54, 1.807) is 7.05 Å². The number of guanidine groups is 1. The number of aliphatic imine (C=N–C) groups is 1. The van der Waals surface area contributed by atoms with Crippen molar-refractivity contribution in [2.75, 3.05) is 20.3 Å². The van der Waals surface area contributed by atoms with Crippen LogP contribution >= 0.6 is 0 Å². The van der Waals surface area contributed by atoms with Crippen LogP contribution in [0.2, 0.25) is 0 Å². The number of likely N-dealkylation sites (N-methyl/N-ethyl adjacent to an activating group) is 1. The van der Waals surface area contributed by atoms with Gasteiger partial charge in [0.1, 0.15) is 11.4 Å². The first-order valence-corrected chi connectivity index (χ1v) is 8.87. The molecule has 2 atom stereocenters. The van der Waals surface area contributed by atoms with E-state index in [-0.39, 0.29) is 11.9 Å². The van der Waals surface area contributed by atoms with Gasteiger partial charge in [-0.25, -0.2) is 4.99 Å². The maximum Gasteiger partial charge on any atom is 0.261 e. The molecule has 4 rings (SSSR count). The lowest BCUT2D eigenvalue weighted by molar-refractivity contribution is -0.133. The van der Waals surface area contributed by atoms with E-state index in [9.17, 15) is 4.79 Å². The number of carbonyl (C=O) groups is 1. The summed E-state index contributed by atoms with van der Waals surface area (Å²) in [6.07, 6.45) is 2.63. The number of rotatable bonds is 1. The van der Waals surface area contributed by atoms with Gasteiger partial charge in [0.25, 0.3) is 5.91 Å².